The molecule has 2 aromatic rings. The molecule has 1 aliphatic carbocycles. The second kappa shape index (κ2) is 6.57. The van der Waals surface area contributed by atoms with Gasteiger partial charge in [-0.05, 0) is 57.3 Å². The van der Waals surface area contributed by atoms with Gasteiger partial charge in [-0.15, -0.1) is 0 Å². The van der Waals surface area contributed by atoms with E-state index in [2.05, 4.69) is 31.9 Å². The van der Waals surface area contributed by atoms with E-state index in [1.165, 1.54) is 0 Å². The topological polar surface area (TPSA) is 44.8 Å². The number of ketones is 1. The number of benzene rings is 2. The first-order valence-corrected chi connectivity index (χ1v) is 9.97. The van der Waals surface area contributed by atoms with Gasteiger partial charge in [-0.1, -0.05) is 11.6 Å². The van der Waals surface area contributed by atoms with Gasteiger partial charge in [0.25, 0.3) is 0 Å². The van der Waals surface area contributed by atoms with Crippen LogP contribution >= 0.6 is 31.9 Å². The van der Waals surface area contributed by atoms with Crippen LogP contribution in [0.3, 0.4) is 0 Å². The summed E-state index contributed by atoms with van der Waals surface area (Å²) in [5, 5.41) is 0. The minimum absolute atomic E-state index is 0.144. The van der Waals surface area contributed by atoms with Gasteiger partial charge < -0.3 is 14.2 Å². The first-order chi connectivity index (χ1) is 12.5. The smallest absolute Gasteiger partial charge is 0.173 e. The van der Waals surface area contributed by atoms with Crippen LogP contribution in [0, 0.1) is 12.8 Å². The van der Waals surface area contributed by atoms with E-state index >= 15 is 0 Å². The fourth-order valence-electron chi connectivity index (χ4n) is 3.98. The fourth-order valence-corrected chi connectivity index (χ4v) is 5.14. The highest BCUT2D eigenvalue weighted by Gasteiger charge is 2.43. The zero-order chi connectivity index (χ0) is 18.6. The first-order valence-electron chi connectivity index (χ1n) is 8.38. The summed E-state index contributed by atoms with van der Waals surface area (Å²) in [7, 11) is 3.29. The van der Waals surface area contributed by atoms with Crippen LogP contribution in [0.2, 0.25) is 0 Å². The van der Waals surface area contributed by atoms with Crippen molar-refractivity contribution in [3.8, 4) is 17.2 Å². The van der Waals surface area contributed by atoms with E-state index in [0.717, 1.165) is 37.1 Å². The Morgan fingerprint density at radius 1 is 1.04 bits per heavy atom. The lowest BCUT2D eigenvalue weighted by atomic mass is 9.75. The zero-order valence-corrected chi connectivity index (χ0v) is 17.9. The Morgan fingerprint density at radius 3 is 2.27 bits per heavy atom. The number of Topliss-reactive ketones (excluding diaryl/α,β-unsaturated/α-hetero) is 1. The van der Waals surface area contributed by atoms with Gasteiger partial charge in [-0.25, -0.2) is 0 Å². The summed E-state index contributed by atoms with van der Waals surface area (Å²) in [6, 6.07) is 5.78. The van der Waals surface area contributed by atoms with E-state index in [0.29, 0.717) is 24.2 Å². The monoisotopic (exact) mass is 480 g/mol. The predicted octanol–water partition coefficient (Wildman–Crippen LogP) is 4.90. The summed E-state index contributed by atoms with van der Waals surface area (Å²) in [5.41, 5.74) is 3.77. The molecule has 1 heterocycles. The van der Waals surface area contributed by atoms with E-state index in [4.69, 9.17) is 14.2 Å². The summed E-state index contributed by atoms with van der Waals surface area (Å²) in [4.78, 5) is 13.1. The normalized spacial score (nSPS) is 20.6. The van der Waals surface area contributed by atoms with Crippen LogP contribution in [0.15, 0.2) is 27.1 Å². The molecule has 1 aliphatic heterocycles. The van der Waals surface area contributed by atoms with E-state index in [9.17, 15) is 4.79 Å². The largest absolute Gasteiger partial charge is 0.495 e. The predicted molar refractivity (Wildman–Crippen MR) is 106 cm³/mol. The maximum absolute atomic E-state index is 13.1. The number of hydrogen-bond donors (Lipinski definition) is 0. The minimum atomic E-state index is -0.219. The van der Waals surface area contributed by atoms with E-state index in [-0.39, 0.29) is 17.8 Å². The van der Waals surface area contributed by atoms with Crippen LogP contribution < -0.4 is 14.2 Å². The van der Waals surface area contributed by atoms with Gasteiger partial charge in [0.2, 0.25) is 0 Å². The van der Waals surface area contributed by atoms with Crippen LogP contribution in [-0.2, 0) is 12.8 Å². The van der Waals surface area contributed by atoms with Gasteiger partial charge in [0.15, 0.2) is 5.78 Å². The maximum atomic E-state index is 13.1. The summed E-state index contributed by atoms with van der Waals surface area (Å²) in [6.45, 7) is 1.98. The molecule has 0 saturated carbocycles. The molecule has 0 aromatic heterocycles. The molecule has 0 unspecified atom stereocenters. The fraction of sp³-hybridized carbons (Fsp3) is 0.350. The highest BCUT2D eigenvalue weighted by molar-refractivity contribution is 9.13. The van der Waals surface area contributed by atoms with Crippen molar-refractivity contribution in [1.82, 2.24) is 0 Å². The highest BCUT2D eigenvalue weighted by Crippen LogP contribution is 2.50. The molecule has 2 aliphatic rings. The number of halogens is 2. The third-order valence-electron chi connectivity index (χ3n) is 5.21. The van der Waals surface area contributed by atoms with Crippen LogP contribution in [0.1, 0.15) is 27.0 Å². The molecule has 0 spiro atoms. The van der Waals surface area contributed by atoms with Crippen molar-refractivity contribution in [1.29, 1.82) is 0 Å². The molecule has 0 N–H and O–H groups in total. The summed E-state index contributed by atoms with van der Waals surface area (Å²) in [5.74, 6) is 2.10. The number of carbonyl (C=O) groups is 1. The summed E-state index contributed by atoms with van der Waals surface area (Å²) in [6.07, 6.45) is 0.971. The van der Waals surface area contributed by atoms with Crippen LogP contribution in [0.5, 0.6) is 17.2 Å². The number of aryl methyl sites for hydroxylation is 1. The Hall–Kier alpha value is -1.53. The maximum Gasteiger partial charge on any atom is 0.173 e. The molecule has 0 amide bonds. The van der Waals surface area contributed by atoms with Crippen molar-refractivity contribution >= 4 is 37.6 Å². The zero-order valence-electron chi connectivity index (χ0n) is 14.7. The van der Waals surface area contributed by atoms with Crippen LogP contribution in [0.25, 0.3) is 0 Å². The molecule has 0 fully saturated rings. The molecule has 136 valence electrons. The Balaban J connectivity index is 1.84. The molecule has 26 heavy (non-hydrogen) atoms. The Bertz CT molecular complexity index is 923. The number of hydrogen-bond acceptors (Lipinski definition) is 4. The lowest BCUT2D eigenvalue weighted by Gasteiger charge is -2.38. The highest BCUT2D eigenvalue weighted by atomic mass is 79.9. The third-order valence-corrected chi connectivity index (χ3v) is 7.25. The van der Waals surface area contributed by atoms with Gasteiger partial charge in [-0.3, -0.25) is 4.79 Å². The standard InChI is InChI=1S/C20H18Br2O4/c1-9-4-5-14-12(6-9)18(23)13-7-10-11(8-15(13)26-14)20(25-3)17(22)16(21)19(10)24-2/h4-6,13,15H,7-8H2,1-3H3/t13-,15+/m0/s1. The van der Waals surface area contributed by atoms with E-state index < -0.39 is 0 Å². The SMILES string of the molecule is COc1c(Br)c(Br)c(OC)c2c1C[C@@H]1C(=O)c3cc(C)ccc3O[C@@H]1C2. The number of carbonyl (C=O) groups excluding carboxylic acids is 1. The summed E-state index contributed by atoms with van der Waals surface area (Å²) < 4.78 is 19.1. The van der Waals surface area contributed by atoms with Crippen LogP contribution in [0.4, 0.5) is 0 Å². The molecule has 4 nitrogen and oxygen atoms in total. The second-order valence-electron chi connectivity index (χ2n) is 6.69. The lowest BCUT2D eigenvalue weighted by molar-refractivity contribution is 0.0629. The van der Waals surface area contributed by atoms with Crippen molar-refractivity contribution in [2.45, 2.75) is 25.9 Å². The number of methoxy groups -OCH3 is 2. The average molecular weight is 482 g/mol. The van der Waals surface area contributed by atoms with Crippen molar-refractivity contribution < 1.29 is 19.0 Å². The number of fused-ring (bicyclic) bond motifs is 3. The Morgan fingerprint density at radius 2 is 1.65 bits per heavy atom. The number of ether oxygens (including phenoxy) is 3. The summed E-state index contributed by atoms with van der Waals surface area (Å²) >= 11 is 7.17. The van der Waals surface area contributed by atoms with E-state index in [1.54, 1.807) is 14.2 Å². The van der Waals surface area contributed by atoms with Gasteiger partial charge in [0.1, 0.15) is 23.4 Å². The molecule has 2 atom stereocenters. The molecule has 4 rings (SSSR count). The lowest BCUT2D eigenvalue weighted by Crippen LogP contribution is -2.43. The molecule has 6 heteroatoms. The molecule has 0 saturated heterocycles. The van der Waals surface area contributed by atoms with Crippen molar-refractivity contribution in [3.05, 3.63) is 49.4 Å². The van der Waals surface area contributed by atoms with Crippen molar-refractivity contribution in [3.63, 3.8) is 0 Å². The quantitative estimate of drug-likeness (QED) is 0.612. The first kappa shape index (κ1) is 17.9. The van der Waals surface area contributed by atoms with Crippen molar-refractivity contribution in [2.24, 2.45) is 5.92 Å². The van der Waals surface area contributed by atoms with Gasteiger partial charge in [0.05, 0.1) is 34.6 Å². The Kier molecular flexibility index (Phi) is 4.51. The van der Waals surface area contributed by atoms with E-state index in [1.807, 2.05) is 25.1 Å². The third kappa shape index (κ3) is 2.57. The number of rotatable bonds is 2. The Labute approximate surface area is 169 Å². The molecular weight excluding hydrogens is 464 g/mol. The van der Waals surface area contributed by atoms with Gasteiger partial charge in [-0.2, -0.15) is 0 Å². The molecule has 0 radical (unpaired) electrons. The molecule has 2 aromatic carbocycles. The average Bonchev–Trinajstić information content (AvgIpc) is 2.63. The van der Waals surface area contributed by atoms with Gasteiger partial charge in [0, 0.05) is 17.5 Å². The molecule has 0 bridgehead atoms. The minimum Gasteiger partial charge on any atom is -0.495 e. The van der Waals surface area contributed by atoms with Crippen LogP contribution in [-0.4, -0.2) is 26.1 Å². The second-order valence-corrected chi connectivity index (χ2v) is 8.27. The van der Waals surface area contributed by atoms with Crippen molar-refractivity contribution in [2.75, 3.05) is 14.2 Å². The van der Waals surface area contributed by atoms with Gasteiger partial charge >= 0.3 is 0 Å². The molecular formula is C20H18Br2O4.